The molecule has 2 aromatic carbocycles. The summed E-state index contributed by atoms with van der Waals surface area (Å²) >= 11 is 11.9. The number of cyclic esters (lactones) is 1. The molecule has 0 N–H and O–H groups in total. The van der Waals surface area contributed by atoms with Gasteiger partial charge < -0.3 is 14.2 Å². The number of carbonyl (C=O) groups is 2. The van der Waals surface area contributed by atoms with Crippen LogP contribution in [0.1, 0.15) is 18.1 Å². The van der Waals surface area contributed by atoms with Crippen LogP contribution in [0.4, 0.5) is 0 Å². The predicted molar refractivity (Wildman–Crippen MR) is 101 cm³/mol. The summed E-state index contributed by atoms with van der Waals surface area (Å²) in [6.45, 7) is 1.29. The zero-order chi connectivity index (χ0) is 19.6. The van der Waals surface area contributed by atoms with Gasteiger partial charge in [0.05, 0.1) is 17.2 Å². The van der Waals surface area contributed by atoms with Gasteiger partial charge >= 0.3 is 11.9 Å². The number of hydrogen-bond acceptors (Lipinski definition) is 6. The number of benzene rings is 2. The van der Waals surface area contributed by atoms with Crippen LogP contribution >= 0.6 is 23.2 Å². The van der Waals surface area contributed by atoms with Crippen LogP contribution in [0.2, 0.25) is 10.0 Å². The Morgan fingerprint density at radius 2 is 1.89 bits per heavy atom. The monoisotopic (exact) mass is 405 g/mol. The molecule has 0 atom stereocenters. The van der Waals surface area contributed by atoms with E-state index in [1.807, 2.05) is 0 Å². The van der Waals surface area contributed by atoms with Gasteiger partial charge in [-0.05, 0) is 42.0 Å². The summed E-state index contributed by atoms with van der Waals surface area (Å²) < 4.78 is 15.5. The van der Waals surface area contributed by atoms with E-state index in [-0.39, 0.29) is 17.3 Å². The lowest BCUT2D eigenvalue weighted by atomic mass is 10.1. The molecule has 6 nitrogen and oxygen atoms in total. The zero-order valence-corrected chi connectivity index (χ0v) is 15.8. The first-order chi connectivity index (χ1) is 12.9. The van der Waals surface area contributed by atoms with Crippen molar-refractivity contribution in [3.63, 3.8) is 0 Å². The van der Waals surface area contributed by atoms with E-state index in [4.69, 9.17) is 37.4 Å². The smallest absolute Gasteiger partial charge is 0.363 e. The summed E-state index contributed by atoms with van der Waals surface area (Å²) in [5.41, 5.74) is 1.26. The summed E-state index contributed by atoms with van der Waals surface area (Å²) in [4.78, 5) is 27.4. The SMILES string of the molecule is COc1cc(/C=C2/N=C(c3ccc(Cl)c(Cl)c3)OC2=O)ccc1OC(C)=O. The Kier molecular flexibility index (Phi) is 5.48. The van der Waals surface area contributed by atoms with E-state index < -0.39 is 11.9 Å². The first-order valence-corrected chi connectivity index (χ1v) is 8.47. The molecule has 0 radical (unpaired) electrons. The Labute approximate surface area is 165 Å². The lowest BCUT2D eigenvalue weighted by molar-refractivity contribution is -0.132. The van der Waals surface area contributed by atoms with Crippen molar-refractivity contribution < 1.29 is 23.8 Å². The van der Waals surface area contributed by atoms with Crippen molar-refractivity contribution >= 4 is 47.1 Å². The molecule has 1 heterocycles. The van der Waals surface area contributed by atoms with Crippen molar-refractivity contribution in [2.24, 2.45) is 4.99 Å². The number of rotatable bonds is 4. The highest BCUT2D eigenvalue weighted by molar-refractivity contribution is 6.42. The second kappa shape index (κ2) is 7.82. The van der Waals surface area contributed by atoms with Gasteiger partial charge in [-0.3, -0.25) is 4.79 Å². The minimum atomic E-state index is -0.598. The number of hydrogen-bond donors (Lipinski definition) is 0. The third-order valence-electron chi connectivity index (χ3n) is 3.53. The van der Waals surface area contributed by atoms with Gasteiger partial charge in [0, 0.05) is 12.5 Å². The molecule has 2 aromatic rings. The van der Waals surface area contributed by atoms with Crippen molar-refractivity contribution in [3.05, 3.63) is 63.3 Å². The van der Waals surface area contributed by atoms with Crippen molar-refractivity contribution in [1.29, 1.82) is 0 Å². The Morgan fingerprint density at radius 3 is 2.56 bits per heavy atom. The number of methoxy groups -OCH3 is 1. The molecule has 27 heavy (non-hydrogen) atoms. The molecule has 1 aliphatic rings. The predicted octanol–water partition coefficient (Wildman–Crippen LogP) is 4.27. The summed E-state index contributed by atoms with van der Waals surface area (Å²) in [7, 11) is 1.45. The Balaban J connectivity index is 1.92. The molecule has 0 fully saturated rings. The second-order valence-corrected chi connectivity index (χ2v) is 6.28. The molecular formula is C19H13Cl2NO5. The van der Waals surface area contributed by atoms with Gasteiger partial charge in [0.15, 0.2) is 17.2 Å². The van der Waals surface area contributed by atoms with E-state index in [9.17, 15) is 9.59 Å². The highest BCUT2D eigenvalue weighted by atomic mass is 35.5. The number of nitrogens with zero attached hydrogens (tertiary/aromatic N) is 1. The van der Waals surface area contributed by atoms with E-state index in [0.717, 1.165) is 0 Å². The molecule has 3 rings (SSSR count). The van der Waals surface area contributed by atoms with Crippen molar-refractivity contribution in [2.75, 3.05) is 7.11 Å². The normalized spacial score (nSPS) is 14.7. The van der Waals surface area contributed by atoms with Gasteiger partial charge in [0.2, 0.25) is 5.90 Å². The molecule has 0 unspecified atom stereocenters. The Hall–Kier alpha value is -2.83. The summed E-state index contributed by atoms with van der Waals surface area (Å²) in [6.07, 6.45) is 1.53. The van der Waals surface area contributed by atoms with Gasteiger partial charge in [-0.25, -0.2) is 9.79 Å². The number of ether oxygens (including phenoxy) is 3. The van der Waals surface area contributed by atoms with Crippen LogP contribution in [0.25, 0.3) is 6.08 Å². The molecular weight excluding hydrogens is 393 g/mol. The average molecular weight is 406 g/mol. The molecule has 8 heteroatoms. The topological polar surface area (TPSA) is 74.2 Å². The third-order valence-corrected chi connectivity index (χ3v) is 4.27. The number of carbonyl (C=O) groups excluding carboxylic acids is 2. The fourth-order valence-electron chi connectivity index (χ4n) is 2.33. The highest BCUT2D eigenvalue weighted by Crippen LogP contribution is 2.30. The largest absolute Gasteiger partial charge is 0.493 e. The highest BCUT2D eigenvalue weighted by Gasteiger charge is 2.24. The minimum absolute atomic E-state index is 0.110. The van der Waals surface area contributed by atoms with Crippen LogP contribution in [-0.2, 0) is 14.3 Å². The van der Waals surface area contributed by atoms with Crippen LogP contribution in [0, 0.1) is 0 Å². The third kappa shape index (κ3) is 4.30. The van der Waals surface area contributed by atoms with E-state index in [1.54, 1.807) is 36.4 Å². The molecule has 138 valence electrons. The number of aliphatic imine (C=N–C) groups is 1. The standard InChI is InChI=1S/C19H13Cl2NO5/c1-10(23)26-16-6-3-11(8-17(16)25-2)7-15-19(24)27-18(22-15)12-4-5-13(20)14(21)9-12/h3-9H,1-2H3/b15-7+. The lowest BCUT2D eigenvalue weighted by Gasteiger charge is -2.08. The zero-order valence-electron chi connectivity index (χ0n) is 14.3. The van der Waals surface area contributed by atoms with Gasteiger partial charge in [-0.1, -0.05) is 29.3 Å². The summed E-state index contributed by atoms with van der Waals surface area (Å²) in [5, 5.41) is 0.720. The van der Waals surface area contributed by atoms with Crippen LogP contribution in [0.15, 0.2) is 47.1 Å². The first-order valence-electron chi connectivity index (χ1n) is 7.72. The van der Waals surface area contributed by atoms with Crippen LogP contribution in [0.3, 0.4) is 0 Å². The fourth-order valence-corrected chi connectivity index (χ4v) is 2.63. The maximum absolute atomic E-state index is 12.1. The van der Waals surface area contributed by atoms with Gasteiger partial charge in [-0.2, -0.15) is 0 Å². The molecule has 1 aliphatic heterocycles. The van der Waals surface area contributed by atoms with E-state index in [0.29, 0.717) is 26.9 Å². The summed E-state index contributed by atoms with van der Waals surface area (Å²) in [5.74, 6) is -0.303. The molecule has 0 spiro atoms. The van der Waals surface area contributed by atoms with E-state index in [2.05, 4.69) is 4.99 Å². The minimum Gasteiger partial charge on any atom is -0.493 e. The van der Waals surface area contributed by atoms with Crippen LogP contribution < -0.4 is 9.47 Å². The van der Waals surface area contributed by atoms with E-state index >= 15 is 0 Å². The number of esters is 2. The Bertz CT molecular complexity index is 998. The van der Waals surface area contributed by atoms with E-state index in [1.165, 1.54) is 20.1 Å². The quantitative estimate of drug-likeness (QED) is 0.431. The number of halogens is 2. The average Bonchev–Trinajstić information content (AvgIpc) is 2.99. The van der Waals surface area contributed by atoms with Crippen molar-refractivity contribution in [2.45, 2.75) is 6.92 Å². The summed E-state index contributed by atoms with van der Waals surface area (Å²) in [6, 6.07) is 9.65. The molecule has 0 aliphatic carbocycles. The Morgan fingerprint density at radius 1 is 1.11 bits per heavy atom. The maximum atomic E-state index is 12.1. The van der Waals surface area contributed by atoms with Gasteiger partial charge in [0.25, 0.3) is 0 Å². The lowest BCUT2D eigenvalue weighted by Crippen LogP contribution is -2.05. The second-order valence-electron chi connectivity index (χ2n) is 5.47. The fraction of sp³-hybridized carbons (Fsp3) is 0.105. The van der Waals surface area contributed by atoms with Crippen molar-refractivity contribution in [3.8, 4) is 11.5 Å². The van der Waals surface area contributed by atoms with Gasteiger partial charge in [-0.15, -0.1) is 0 Å². The maximum Gasteiger partial charge on any atom is 0.363 e. The van der Waals surface area contributed by atoms with Crippen LogP contribution in [-0.4, -0.2) is 24.9 Å². The molecule has 0 aromatic heterocycles. The van der Waals surface area contributed by atoms with Crippen LogP contribution in [0.5, 0.6) is 11.5 Å². The molecule has 0 amide bonds. The van der Waals surface area contributed by atoms with Gasteiger partial charge in [0.1, 0.15) is 0 Å². The molecule has 0 bridgehead atoms. The molecule has 0 saturated carbocycles. The first kappa shape index (κ1) is 18.9. The molecule has 0 saturated heterocycles. The van der Waals surface area contributed by atoms with Crippen molar-refractivity contribution in [1.82, 2.24) is 0 Å².